The van der Waals surface area contributed by atoms with Gasteiger partial charge in [0.2, 0.25) is 15.9 Å². The molecule has 24 heavy (non-hydrogen) atoms. The van der Waals surface area contributed by atoms with Crippen LogP contribution in [0.15, 0.2) is 53.4 Å². The van der Waals surface area contributed by atoms with E-state index < -0.39 is 27.9 Å². The Morgan fingerprint density at radius 2 is 1.75 bits per heavy atom. The molecule has 2 aromatic carbocycles. The van der Waals surface area contributed by atoms with Gasteiger partial charge >= 0.3 is 5.97 Å². The smallest absolute Gasteiger partial charge is 0.335 e. The second-order valence-electron chi connectivity index (χ2n) is 5.15. The van der Waals surface area contributed by atoms with Gasteiger partial charge in [-0.1, -0.05) is 30.3 Å². The molecule has 1 atom stereocenters. The van der Waals surface area contributed by atoms with Gasteiger partial charge in [-0.2, -0.15) is 4.72 Å². The van der Waals surface area contributed by atoms with Crippen LogP contribution in [0.4, 0.5) is 0 Å². The van der Waals surface area contributed by atoms with Gasteiger partial charge in [0, 0.05) is 0 Å². The number of primary amides is 1. The SMILES string of the molecule is Cc1cc(C(=O)O)ccc1S(=O)(=O)NC(C(N)=O)c1ccccc1. The van der Waals surface area contributed by atoms with E-state index in [0.29, 0.717) is 5.56 Å². The largest absolute Gasteiger partial charge is 0.478 e. The van der Waals surface area contributed by atoms with E-state index in [9.17, 15) is 18.0 Å². The minimum absolute atomic E-state index is 0.0269. The zero-order chi connectivity index (χ0) is 17.9. The van der Waals surface area contributed by atoms with E-state index >= 15 is 0 Å². The fraction of sp³-hybridized carbons (Fsp3) is 0.125. The Morgan fingerprint density at radius 1 is 1.12 bits per heavy atom. The molecule has 0 fully saturated rings. The molecule has 0 heterocycles. The van der Waals surface area contributed by atoms with Crippen molar-refractivity contribution in [3.63, 3.8) is 0 Å². The first-order chi connectivity index (χ1) is 11.2. The van der Waals surface area contributed by atoms with Crippen molar-refractivity contribution in [3.8, 4) is 0 Å². The molecule has 0 saturated heterocycles. The Balaban J connectivity index is 2.40. The van der Waals surface area contributed by atoms with Gasteiger partial charge in [0.15, 0.2) is 0 Å². The van der Waals surface area contributed by atoms with Crippen LogP contribution in [0, 0.1) is 6.92 Å². The molecule has 0 aromatic heterocycles. The lowest BCUT2D eigenvalue weighted by atomic mass is 10.1. The van der Waals surface area contributed by atoms with Gasteiger partial charge in [0.1, 0.15) is 6.04 Å². The number of benzene rings is 2. The molecule has 8 heteroatoms. The van der Waals surface area contributed by atoms with Crippen molar-refractivity contribution >= 4 is 21.9 Å². The Morgan fingerprint density at radius 3 is 2.25 bits per heavy atom. The second kappa shape index (κ2) is 6.81. The minimum Gasteiger partial charge on any atom is -0.478 e. The summed E-state index contributed by atoms with van der Waals surface area (Å²) in [6.45, 7) is 1.47. The van der Waals surface area contributed by atoms with Crippen LogP contribution in [0.5, 0.6) is 0 Å². The summed E-state index contributed by atoms with van der Waals surface area (Å²) in [5.41, 5.74) is 5.94. The highest BCUT2D eigenvalue weighted by Crippen LogP contribution is 2.20. The van der Waals surface area contributed by atoms with Crippen molar-refractivity contribution in [2.24, 2.45) is 5.73 Å². The minimum atomic E-state index is -4.07. The number of carbonyl (C=O) groups is 2. The highest BCUT2D eigenvalue weighted by atomic mass is 32.2. The molecular formula is C16H16N2O5S. The van der Waals surface area contributed by atoms with E-state index in [0.717, 1.165) is 0 Å². The van der Waals surface area contributed by atoms with Crippen molar-refractivity contribution in [3.05, 3.63) is 65.2 Å². The summed E-state index contributed by atoms with van der Waals surface area (Å²) in [4.78, 5) is 22.5. The fourth-order valence-electron chi connectivity index (χ4n) is 2.24. The van der Waals surface area contributed by atoms with E-state index in [-0.39, 0.29) is 16.0 Å². The zero-order valence-electron chi connectivity index (χ0n) is 12.8. The van der Waals surface area contributed by atoms with Crippen LogP contribution in [-0.2, 0) is 14.8 Å². The molecule has 2 rings (SSSR count). The number of carbonyl (C=O) groups excluding carboxylic acids is 1. The van der Waals surface area contributed by atoms with Gasteiger partial charge in [-0.3, -0.25) is 4.79 Å². The van der Waals surface area contributed by atoms with E-state index in [2.05, 4.69) is 4.72 Å². The average molecular weight is 348 g/mol. The average Bonchev–Trinajstić information content (AvgIpc) is 2.52. The molecule has 4 N–H and O–H groups in total. The predicted molar refractivity (Wildman–Crippen MR) is 86.8 cm³/mol. The van der Waals surface area contributed by atoms with Crippen LogP contribution in [0.2, 0.25) is 0 Å². The molecule has 126 valence electrons. The molecule has 1 unspecified atom stereocenters. The quantitative estimate of drug-likeness (QED) is 0.723. The number of carboxylic acids is 1. The van der Waals surface area contributed by atoms with Crippen molar-refractivity contribution in [2.45, 2.75) is 17.9 Å². The van der Waals surface area contributed by atoms with E-state index in [1.165, 1.54) is 25.1 Å². The van der Waals surface area contributed by atoms with Crippen molar-refractivity contribution in [1.29, 1.82) is 0 Å². The third-order valence-electron chi connectivity index (χ3n) is 3.40. The van der Waals surface area contributed by atoms with E-state index in [1.54, 1.807) is 30.3 Å². The van der Waals surface area contributed by atoms with Gasteiger partial charge < -0.3 is 10.8 Å². The van der Waals surface area contributed by atoms with E-state index in [1.807, 2.05) is 0 Å². The lowest BCUT2D eigenvalue weighted by molar-refractivity contribution is -0.119. The number of sulfonamides is 1. The number of amides is 1. The zero-order valence-corrected chi connectivity index (χ0v) is 13.6. The van der Waals surface area contributed by atoms with Crippen LogP contribution in [-0.4, -0.2) is 25.4 Å². The summed E-state index contributed by atoms with van der Waals surface area (Å²) in [5, 5.41) is 8.94. The highest BCUT2D eigenvalue weighted by molar-refractivity contribution is 7.89. The maximum atomic E-state index is 12.6. The second-order valence-corrected chi connectivity index (χ2v) is 6.84. The molecular weight excluding hydrogens is 332 g/mol. The molecule has 0 bridgehead atoms. The van der Waals surface area contributed by atoms with Crippen LogP contribution in [0.25, 0.3) is 0 Å². The first kappa shape index (κ1) is 17.6. The van der Waals surface area contributed by atoms with Crippen LogP contribution >= 0.6 is 0 Å². The molecule has 0 radical (unpaired) electrons. The Bertz CT molecular complexity index is 879. The molecule has 1 amide bonds. The Kier molecular flexibility index (Phi) is 5.01. The number of carboxylic acid groups (broad SMARTS) is 1. The standard InChI is InChI=1S/C16H16N2O5S/c1-10-9-12(16(20)21)7-8-13(10)24(22,23)18-14(15(17)19)11-5-3-2-4-6-11/h2-9,14,18H,1H3,(H2,17,19)(H,20,21). The van der Waals surface area contributed by atoms with Crippen molar-refractivity contribution < 1.29 is 23.1 Å². The normalized spacial score (nSPS) is 12.5. The highest BCUT2D eigenvalue weighted by Gasteiger charge is 2.26. The Labute approximate surface area is 139 Å². The first-order valence-electron chi connectivity index (χ1n) is 6.93. The van der Waals surface area contributed by atoms with E-state index in [4.69, 9.17) is 10.8 Å². The van der Waals surface area contributed by atoms with Crippen molar-refractivity contribution in [2.75, 3.05) is 0 Å². The maximum Gasteiger partial charge on any atom is 0.335 e. The van der Waals surface area contributed by atoms with Gasteiger partial charge in [-0.15, -0.1) is 0 Å². The lowest BCUT2D eigenvalue weighted by Crippen LogP contribution is -2.37. The molecule has 0 aliphatic carbocycles. The van der Waals surface area contributed by atoms with Crippen LogP contribution in [0.3, 0.4) is 0 Å². The molecule has 0 saturated carbocycles. The third kappa shape index (κ3) is 3.79. The van der Waals surface area contributed by atoms with Gasteiger partial charge in [-0.25, -0.2) is 13.2 Å². The molecule has 7 nitrogen and oxygen atoms in total. The summed E-state index contributed by atoms with van der Waals surface area (Å²) in [5.74, 6) is -2.00. The number of nitrogens with one attached hydrogen (secondary N) is 1. The summed E-state index contributed by atoms with van der Waals surface area (Å²) in [6, 6.07) is 10.6. The monoisotopic (exact) mass is 348 g/mol. The number of aryl methyl sites for hydroxylation is 1. The summed E-state index contributed by atoms with van der Waals surface area (Å²) < 4.78 is 27.4. The lowest BCUT2D eigenvalue weighted by Gasteiger charge is -2.17. The fourth-order valence-corrected chi connectivity index (χ4v) is 3.66. The van der Waals surface area contributed by atoms with Gasteiger partial charge in [0.05, 0.1) is 10.5 Å². The molecule has 0 aliphatic heterocycles. The van der Waals surface area contributed by atoms with Crippen LogP contribution in [0.1, 0.15) is 27.5 Å². The van der Waals surface area contributed by atoms with Gasteiger partial charge in [-0.05, 0) is 36.2 Å². The number of hydrogen-bond donors (Lipinski definition) is 3. The summed E-state index contributed by atoms with van der Waals surface area (Å²) in [7, 11) is -4.07. The van der Waals surface area contributed by atoms with Gasteiger partial charge in [0.25, 0.3) is 0 Å². The number of hydrogen-bond acceptors (Lipinski definition) is 4. The Hall–Kier alpha value is -2.71. The summed E-state index contributed by atoms with van der Waals surface area (Å²) >= 11 is 0. The summed E-state index contributed by atoms with van der Waals surface area (Å²) in [6.07, 6.45) is 0. The van der Waals surface area contributed by atoms with Crippen molar-refractivity contribution in [1.82, 2.24) is 4.72 Å². The molecule has 2 aromatic rings. The topological polar surface area (TPSA) is 127 Å². The maximum absolute atomic E-state index is 12.6. The third-order valence-corrected chi connectivity index (χ3v) is 4.98. The number of aromatic carboxylic acids is 1. The van der Waals surface area contributed by atoms with Crippen LogP contribution < -0.4 is 10.5 Å². The number of rotatable bonds is 6. The predicted octanol–water partition coefficient (Wildman–Crippen LogP) is 1.20. The molecule has 0 spiro atoms. The first-order valence-corrected chi connectivity index (χ1v) is 8.41. The molecule has 0 aliphatic rings. The number of nitrogens with two attached hydrogens (primary N) is 1.